The van der Waals surface area contributed by atoms with Gasteiger partial charge in [-0.3, -0.25) is 9.88 Å². The largest absolute Gasteiger partial charge is 0.313 e. The van der Waals surface area contributed by atoms with Crippen molar-refractivity contribution in [2.24, 2.45) is 0 Å². The van der Waals surface area contributed by atoms with Crippen molar-refractivity contribution in [3.8, 4) is 0 Å². The van der Waals surface area contributed by atoms with Gasteiger partial charge in [0.1, 0.15) is 0 Å². The minimum absolute atomic E-state index is 0.704. The van der Waals surface area contributed by atoms with E-state index in [1.54, 1.807) is 0 Å². The van der Waals surface area contributed by atoms with Crippen LogP contribution in [0.1, 0.15) is 37.1 Å². The summed E-state index contributed by atoms with van der Waals surface area (Å²) in [6, 6.07) is 7.87. The highest BCUT2D eigenvalue weighted by Gasteiger charge is 2.31. The summed E-state index contributed by atoms with van der Waals surface area (Å²) >= 11 is 0. The first-order valence-electron chi connectivity index (χ1n) is 7.21. The first kappa shape index (κ1) is 12.1. The highest BCUT2D eigenvalue weighted by molar-refractivity contribution is 5.10. The highest BCUT2D eigenvalue weighted by atomic mass is 15.2. The second kappa shape index (κ2) is 5.37. The fraction of sp³-hybridized carbons (Fsp3) is 0.667. The van der Waals surface area contributed by atoms with Gasteiger partial charge in [-0.2, -0.15) is 0 Å². The van der Waals surface area contributed by atoms with Crippen LogP contribution >= 0.6 is 0 Å². The summed E-state index contributed by atoms with van der Waals surface area (Å²) in [4.78, 5) is 7.27. The molecule has 1 aromatic rings. The van der Waals surface area contributed by atoms with Gasteiger partial charge in [0.2, 0.25) is 0 Å². The molecule has 1 saturated carbocycles. The summed E-state index contributed by atoms with van der Waals surface area (Å²) in [5.74, 6) is 0. The lowest BCUT2D eigenvalue weighted by molar-refractivity contribution is 0.228. The van der Waals surface area contributed by atoms with Crippen molar-refractivity contribution >= 4 is 0 Å². The molecule has 2 heterocycles. The molecule has 1 aromatic heterocycles. The number of aryl methyl sites for hydroxylation is 1. The lowest BCUT2D eigenvalue weighted by Gasteiger charge is -2.25. The number of nitrogens with zero attached hydrogens (tertiary/aromatic N) is 2. The first-order chi connectivity index (χ1) is 8.81. The van der Waals surface area contributed by atoms with Crippen LogP contribution in [0.15, 0.2) is 18.2 Å². The maximum atomic E-state index is 4.64. The van der Waals surface area contributed by atoms with E-state index in [0.29, 0.717) is 6.04 Å². The molecule has 1 unspecified atom stereocenters. The molecule has 3 heteroatoms. The monoisotopic (exact) mass is 245 g/mol. The molecule has 1 N–H and O–H groups in total. The van der Waals surface area contributed by atoms with Crippen LogP contribution in [0.5, 0.6) is 0 Å². The summed E-state index contributed by atoms with van der Waals surface area (Å²) in [5, 5.41) is 3.60. The van der Waals surface area contributed by atoms with E-state index in [1.807, 2.05) is 0 Å². The SMILES string of the molecule is Cc1cccc(CN(CC2CCCN2)C2CC2)n1. The summed E-state index contributed by atoms with van der Waals surface area (Å²) < 4.78 is 0. The molecule has 18 heavy (non-hydrogen) atoms. The van der Waals surface area contributed by atoms with Gasteiger partial charge in [0.15, 0.2) is 0 Å². The van der Waals surface area contributed by atoms with Gasteiger partial charge in [-0.05, 0) is 51.3 Å². The highest BCUT2D eigenvalue weighted by Crippen LogP contribution is 2.28. The maximum Gasteiger partial charge on any atom is 0.0547 e. The van der Waals surface area contributed by atoms with E-state index < -0.39 is 0 Å². The normalized spacial score (nSPS) is 23.8. The number of nitrogens with one attached hydrogen (secondary N) is 1. The molecule has 1 aliphatic carbocycles. The van der Waals surface area contributed by atoms with Crippen molar-refractivity contribution in [2.75, 3.05) is 13.1 Å². The van der Waals surface area contributed by atoms with E-state index in [9.17, 15) is 0 Å². The zero-order chi connectivity index (χ0) is 12.4. The third-order valence-corrected chi connectivity index (χ3v) is 3.99. The molecular formula is C15H23N3. The minimum atomic E-state index is 0.704. The van der Waals surface area contributed by atoms with E-state index in [2.05, 4.69) is 40.3 Å². The second-order valence-corrected chi connectivity index (χ2v) is 5.72. The van der Waals surface area contributed by atoms with Crippen LogP contribution in [0.3, 0.4) is 0 Å². The predicted molar refractivity (Wildman–Crippen MR) is 73.4 cm³/mol. The minimum Gasteiger partial charge on any atom is -0.313 e. The number of aromatic nitrogens is 1. The van der Waals surface area contributed by atoms with Crippen LogP contribution < -0.4 is 5.32 Å². The van der Waals surface area contributed by atoms with Crippen LogP contribution in [0, 0.1) is 6.92 Å². The Morgan fingerprint density at radius 2 is 2.22 bits per heavy atom. The summed E-state index contributed by atoms with van der Waals surface area (Å²) in [5.41, 5.74) is 2.35. The third-order valence-electron chi connectivity index (χ3n) is 3.99. The Balaban J connectivity index is 1.62. The van der Waals surface area contributed by atoms with Gasteiger partial charge in [-0.25, -0.2) is 0 Å². The van der Waals surface area contributed by atoms with Crippen LogP contribution in [0.4, 0.5) is 0 Å². The molecule has 2 fully saturated rings. The van der Waals surface area contributed by atoms with Crippen molar-refractivity contribution in [3.05, 3.63) is 29.6 Å². The van der Waals surface area contributed by atoms with Gasteiger partial charge in [0.05, 0.1) is 5.69 Å². The molecule has 0 aromatic carbocycles. The van der Waals surface area contributed by atoms with Gasteiger partial charge in [-0.15, -0.1) is 0 Å². The molecule has 0 bridgehead atoms. The number of pyridine rings is 1. The van der Waals surface area contributed by atoms with Crippen LogP contribution in [0.25, 0.3) is 0 Å². The van der Waals surface area contributed by atoms with E-state index >= 15 is 0 Å². The van der Waals surface area contributed by atoms with Gasteiger partial charge in [0, 0.05) is 30.9 Å². The zero-order valence-corrected chi connectivity index (χ0v) is 11.2. The van der Waals surface area contributed by atoms with Gasteiger partial charge >= 0.3 is 0 Å². The summed E-state index contributed by atoms with van der Waals surface area (Å²) in [6.07, 6.45) is 5.42. The number of hydrogen-bond acceptors (Lipinski definition) is 3. The summed E-state index contributed by atoms with van der Waals surface area (Å²) in [6.45, 7) is 5.49. The molecule has 0 radical (unpaired) electrons. The Bertz CT molecular complexity index is 394. The van der Waals surface area contributed by atoms with Crippen molar-refractivity contribution < 1.29 is 0 Å². The van der Waals surface area contributed by atoms with Gasteiger partial charge in [-0.1, -0.05) is 6.07 Å². The Kier molecular flexibility index (Phi) is 3.62. The Morgan fingerprint density at radius 1 is 1.33 bits per heavy atom. The number of hydrogen-bond donors (Lipinski definition) is 1. The van der Waals surface area contributed by atoms with Crippen molar-refractivity contribution in [1.82, 2.24) is 15.2 Å². The van der Waals surface area contributed by atoms with Crippen LogP contribution in [-0.4, -0.2) is 35.1 Å². The molecule has 3 rings (SSSR count). The molecule has 1 saturated heterocycles. The fourth-order valence-corrected chi connectivity index (χ4v) is 2.87. The lowest BCUT2D eigenvalue weighted by atomic mass is 10.2. The molecule has 2 aliphatic rings. The molecular weight excluding hydrogens is 222 g/mol. The fourth-order valence-electron chi connectivity index (χ4n) is 2.87. The molecule has 0 spiro atoms. The summed E-state index contributed by atoms with van der Waals surface area (Å²) in [7, 11) is 0. The van der Waals surface area contributed by atoms with E-state index in [4.69, 9.17) is 0 Å². The Morgan fingerprint density at radius 3 is 2.89 bits per heavy atom. The molecule has 98 valence electrons. The van der Waals surface area contributed by atoms with Crippen LogP contribution in [-0.2, 0) is 6.54 Å². The molecule has 0 amide bonds. The number of rotatable bonds is 5. The maximum absolute atomic E-state index is 4.64. The third kappa shape index (κ3) is 3.09. The average molecular weight is 245 g/mol. The standard InChI is InChI=1S/C15H23N3/c1-12-4-2-5-14(17-12)11-18(15-7-8-15)10-13-6-3-9-16-13/h2,4-5,13,15-16H,3,6-11H2,1H3. The van der Waals surface area contributed by atoms with Crippen molar-refractivity contribution in [1.29, 1.82) is 0 Å². The second-order valence-electron chi connectivity index (χ2n) is 5.72. The molecule has 1 aliphatic heterocycles. The quantitative estimate of drug-likeness (QED) is 0.861. The van der Waals surface area contributed by atoms with E-state index in [-0.39, 0.29) is 0 Å². The molecule has 1 atom stereocenters. The van der Waals surface area contributed by atoms with Gasteiger partial charge < -0.3 is 5.32 Å². The Labute approximate surface area is 110 Å². The topological polar surface area (TPSA) is 28.2 Å². The molecule has 3 nitrogen and oxygen atoms in total. The van der Waals surface area contributed by atoms with Gasteiger partial charge in [0.25, 0.3) is 0 Å². The van der Waals surface area contributed by atoms with Crippen LogP contribution in [0.2, 0.25) is 0 Å². The zero-order valence-electron chi connectivity index (χ0n) is 11.2. The first-order valence-corrected chi connectivity index (χ1v) is 7.21. The van der Waals surface area contributed by atoms with E-state index in [1.165, 1.54) is 44.5 Å². The average Bonchev–Trinajstić information content (AvgIpc) is 3.08. The van der Waals surface area contributed by atoms with Crippen molar-refractivity contribution in [2.45, 2.75) is 51.2 Å². The lowest BCUT2D eigenvalue weighted by Crippen LogP contribution is -2.38. The predicted octanol–water partition coefficient (Wildman–Crippen LogP) is 2.11. The van der Waals surface area contributed by atoms with Crippen molar-refractivity contribution in [3.63, 3.8) is 0 Å². The Hall–Kier alpha value is -0.930. The smallest absolute Gasteiger partial charge is 0.0547 e. The van der Waals surface area contributed by atoms with E-state index in [0.717, 1.165) is 18.3 Å².